The lowest BCUT2D eigenvalue weighted by atomic mass is 10.0. The highest BCUT2D eigenvalue weighted by Gasteiger charge is 2.39. The van der Waals surface area contributed by atoms with E-state index in [2.05, 4.69) is 28.8 Å². The van der Waals surface area contributed by atoms with Crippen molar-refractivity contribution < 1.29 is 14.4 Å². The van der Waals surface area contributed by atoms with E-state index in [1.807, 2.05) is 18.2 Å². The maximum Gasteiger partial charge on any atom is 0.255 e. The van der Waals surface area contributed by atoms with Crippen LogP contribution in [0.4, 0.5) is 5.69 Å². The molecule has 0 saturated carbocycles. The minimum absolute atomic E-state index is 0.145. The number of carbonyl (C=O) groups is 3. The lowest BCUT2D eigenvalue weighted by molar-refractivity contribution is -0.136. The number of nitrogens with one attached hydrogen (secondary N) is 2. The molecule has 7 nitrogen and oxygen atoms in total. The zero-order valence-corrected chi connectivity index (χ0v) is 16.6. The van der Waals surface area contributed by atoms with Gasteiger partial charge in [-0.25, -0.2) is 0 Å². The van der Waals surface area contributed by atoms with E-state index in [1.54, 1.807) is 4.90 Å². The molecule has 0 aromatic heterocycles. The quantitative estimate of drug-likeness (QED) is 0.670. The van der Waals surface area contributed by atoms with Crippen molar-refractivity contribution in [2.45, 2.75) is 50.9 Å². The number of imide groups is 1. The summed E-state index contributed by atoms with van der Waals surface area (Å²) in [6.45, 7) is 1.00. The molecule has 4 N–H and O–H groups in total. The summed E-state index contributed by atoms with van der Waals surface area (Å²) in [6.07, 6.45) is 2.48. The average Bonchev–Trinajstić information content (AvgIpc) is 3.25. The smallest absolute Gasteiger partial charge is 0.255 e. The first-order chi connectivity index (χ1) is 14.5. The van der Waals surface area contributed by atoms with Crippen LogP contribution in [0.3, 0.4) is 0 Å². The van der Waals surface area contributed by atoms with Crippen molar-refractivity contribution in [1.82, 2.24) is 10.2 Å². The van der Waals surface area contributed by atoms with Gasteiger partial charge in [0.25, 0.3) is 5.91 Å². The summed E-state index contributed by atoms with van der Waals surface area (Å²) in [4.78, 5) is 38.1. The first kappa shape index (κ1) is 18.8. The zero-order valence-electron chi connectivity index (χ0n) is 16.6. The van der Waals surface area contributed by atoms with Gasteiger partial charge in [-0.15, -0.1) is 0 Å². The largest absolute Gasteiger partial charge is 0.381 e. The second-order valence-electron chi connectivity index (χ2n) is 8.40. The van der Waals surface area contributed by atoms with Crippen LogP contribution >= 0.6 is 0 Å². The lowest BCUT2D eigenvalue weighted by Crippen LogP contribution is -2.52. The molecule has 0 bridgehead atoms. The summed E-state index contributed by atoms with van der Waals surface area (Å²) in [5, 5.41) is 5.76. The monoisotopic (exact) mass is 404 g/mol. The van der Waals surface area contributed by atoms with E-state index in [0.717, 1.165) is 29.7 Å². The van der Waals surface area contributed by atoms with Crippen molar-refractivity contribution in [3.05, 3.63) is 64.2 Å². The molecule has 7 heteroatoms. The number of amides is 3. The fraction of sp³-hybridized carbons (Fsp3) is 0.348. The van der Waals surface area contributed by atoms with Gasteiger partial charge in [-0.3, -0.25) is 19.7 Å². The summed E-state index contributed by atoms with van der Waals surface area (Å²) in [6, 6.07) is 11.9. The molecule has 3 aliphatic rings. The highest BCUT2D eigenvalue weighted by Crippen LogP contribution is 2.29. The van der Waals surface area contributed by atoms with Gasteiger partial charge in [-0.05, 0) is 59.7 Å². The number of hydrogen-bond acceptors (Lipinski definition) is 5. The molecule has 2 aromatic rings. The Bertz CT molecular complexity index is 1060. The number of piperidine rings is 1. The normalized spacial score (nSPS) is 22.7. The summed E-state index contributed by atoms with van der Waals surface area (Å²) in [5.74, 6) is -0.805. The van der Waals surface area contributed by atoms with Crippen molar-refractivity contribution in [3.63, 3.8) is 0 Å². The van der Waals surface area contributed by atoms with Crippen LogP contribution in [-0.4, -0.2) is 34.7 Å². The van der Waals surface area contributed by atoms with Crippen LogP contribution in [0.2, 0.25) is 0 Å². The molecule has 30 heavy (non-hydrogen) atoms. The van der Waals surface area contributed by atoms with Gasteiger partial charge in [-0.1, -0.05) is 18.2 Å². The molecule has 1 aliphatic carbocycles. The number of hydrogen-bond donors (Lipinski definition) is 3. The second-order valence-corrected chi connectivity index (χ2v) is 8.40. The maximum atomic E-state index is 12.9. The lowest BCUT2D eigenvalue weighted by Gasteiger charge is -2.29. The summed E-state index contributed by atoms with van der Waals surface area (Å²) < 4.78 is 0. The second kappa shape index (κ2) is 7.25. The Morgan fingerprint density at radius 3 is 2.67 bits per heavy atom. The molecule has 2 aromatic carbocycles. The van der Waals surface area contributed by atoms with E-state index in [0.29, 0.717) is 25.1 Å². The molecule has 1 saturated heterocycles. The zero-order chi connectivity index (χ0) is 20.8. The van der Waals surface area contributed by atoms with Crippen LogP contribution in [0.1, 0.15) is 45.5 Å². The van der Waals surface area contributed by atoms with Crippen molar-refractivity contribution in [2.24, 2.45) is 5.73 Å². The number of anilines is 1. The molecule has 5 rings (SSSR count). The Kier molecular flexibility index (Phi) is 4.55. The van der Waals surface area contributed by atoms with Crippen molar-refractivity contribution in [2.75, 3.05) is 5.32 Å². The Labute approximate surface area is 174 Å². The summed E-state index contributed by atoms with van der Waals surface area (Å²) in [7, 11) is 0. The van der Waals surface area contributed by atoms with E-state index < -0.39 is 6.04 Å². The highest BCUT2D eigenvalue weighted by atomic mass is 16.2. The highest BCUT2D eigenvalue weighted by molar-refractivity contribution is 6.05. The van der Waals surface area contributed by atoms with Gasteiger partial charge >= 0.3 is 0 Å². The summed E-state index contributed by atoms with van der Waals surface area (Å²) >= 11 is 0. The minimum Gasteiger partial charge on any atom is -0.381 e. The Hall–Kier alpha value is -3.19. The molecular weight excluding hydrogens is 380 g/mol. The molecule has 3 amide bonds. The van der Waals surface area contributed by atoms with Crippen molar-refractivity contribution in [1.29, 1.82) is 0 Å². The van der Waals surface area contributed by atoms with Gasteiger partial charge in [0.1, 0.15) is 6.04 Å². The number of fused-ring (bicyclic) bond motifs is 2. The number of benzene rings is 2. The minimum atomic E-state index is -0.582. The van der Waals surface area contributed by atoms with Gasteiger partial charge < -0.3 is 16.0 Å². The van der Waals surface area contributed by atoms with Crippen molar-refractivity contribution >= 4 is 23.4 Å². The maximum absolute atomic E-state index is 12.9. The SMILES string of the molecule is NC1Cc2ccc(NCc3ccc4c(c3)C(=O)N(C3CCC(=O)NC3=O)C4)cc2C1. The first-order valence-corrected chi connectivity index (χ1v) is 10.4. The van der Waals surface area contributed by atoms with E-state index in [1.165, 1.54) is 11.1 Å². The Balaban J connectivity index is 1.28. The predicted molar refractivity (Wildman–Crippen MR) is 112 cm³/mol. The van der Waals surface area contributed by atoms with E-state index in [9.17, 15) is 14.4 Å². The molecule has 2 heterocycles. The topological polar surface area (TPSA) is 105 Å². The fourth-order valence-corrected chi connectivity index (χ4v) is 4.68. The van der Waals surface area contributed by atoms with E-state index in [-0.39, 0.29) is 30.2 Å². The third kappa shape index (κ3) is 3.35. The molecule has 2 aliphatic heterocycles. The van der Waals surface area contributed by atoms with Gasteiger partial charge in [0.2, 0.25) is 11.8 Å². The fourth-order valence-electron chi connectivity index (χ4n) is 4.68. The van der Waals surface area contributed by atoms with Gasteiger partial charge in [0.05, 0.1) is 0 Å². The number of rotatable bonds is 4. The Morgan fingerprint density at radius 2 is 1.83 bits per heavy atom. The molecule has 0 spiro atoms. The van der Waals surface area contributed by atoms with E-state index >= 15 is 0 Å². The van der Waals surface area contributed by atoms with Gasteiger partial charge in [0.15, 0.2) is 0 Å². The van der Waals surface area contributed by atoms with Crippen LogP contribution in [0.25, 0.3) is 0 Å². The standard InChI is InChI=1S/C23H24N4O3/c24-17-8-14-3-4-18(10-16(14)9-17)25-11-13-1-2-15-12-27(23(30)19(15)7-13)20-5-6-21(28)26-22(20)29/h1-4,7,10,17,20,25H,5-6,8-9,11-12,24H2,(H,26,28,29). The molecular formula is C23H24N4O3. The van der Waals surface area contributed by atoms with Gasteiger partial charge in [0, 0.05) is 36.8 Å². The number of carbonyl (C=O) groups excluding carboxylic acids is 3. The van der Waals surface area contributed by atoms with Crippen LogP contribution < -0.4 is 16.4 Å². The number of nitrogens with zero attached hydrogens (tertiary/aromatic N) is 1. The third-order valence-corrected chi connectivity index (χ3v) is 6.26. The van der Waals surface area contributed by atoms with Crippen LogP contribution in [0, 0.1) is 0 Å². The molecule has 0 radical (unpaired) electrons. The van der Waals surface area contributed by atoms with Crippen LogP contribution in [-0.2, 0) is 35.5 Å². The average molecular weight is 404 g/mol. The van der Waals surface area contributed by atoms with Gasteiger partial charge in [-0.2, -0.15) is 0 Å². The van der Waals surface area contributed by atoms with Crippen LogP contribution in [0.5, 0.6) is 0 Å². The Morgan fingerprint density at radius 1 is 1.03 bits per heavy atom. The number of nitrogens with two attached hydrogens (primary N) is 1. The van der Waals surface area contributed by atoms with E-state index in [4.69, 9.17) is 5.73 Å². The predicted octanol–water partition coefficient (Wildman–Crippen LogP) is 1.49. The molecule has 1 fully saturated rings. The first-order valence-electron chi connectivity index (χ1n) is 10.4. The molecule has 2 unspecified atom stereocenters. The van der Waals surface area contributed by atoms with Crippen molar-refractivity contribution in [3.8, 4) is 0 Å². The molecule has 154 valence electrons. The third-order valence-electron chi connectivity index (χ3n) is 6.26. The summed E-state index contributed by atoms with van der Waals surface area (Å²) in [5.41, 5.74) is 12.3. The van der Waals surface area contributed by atoms with Crippen LogP contribution in [0.15, 0.2) is 36.4 Å². The molecule has 2 atom stereocenters.